The highest BCUT2D eigenvalue weighted by atomic mass is 19.4. The van der Waals surface area contributed by atoms with Crippen LogP contribution in [0.4, 0.5) is 13.2 Å². The molecule has 2 unspecified atom stereocenters. The molecule has 1 nitrogen and oxygen atoms in total. The predicted molar refractivity (Wildman–Crippen MR) is 103 cm³/mol. The Kier molecular flexibility index (Phi) is 5.22. The lowest BCUT2D eigenvalue weighted by Crippen LogP contribution is -2.35. The Labute approximate surface area is 159 Å². The number of benzene rings is 2. The quantitative estimate of drug-likeness (QED) is 0.601. The van der Waals surface area contributed by atoms with Crippen LogP contribution >= 0.6 is 0 Å². The van der Waals surface area contributed by atoms with Crippen molar-refractivity contribution in [3.05, 3.63) is 83.4 Å². The second-order valence-electron chi connectivity index (χ2n) is 7.89. The average Bonchev–Trinajstić information content (AvgIpc) is 3.39. The highest BCUT2D eigenvalue weighted by molar-refractivity contribution is 5.35. The molecule has 1 aliphatic rings. The number of halogens is 3. The van der Waals surface area contributed by atoms with E-state index in [0.29, 0.717) is 17.4 Å². The minimum Gasteiger partial charge on any atom is -0.318 e. The van der Waals surface area contributed by atoms with Gasteiger partial charge in [0, 0.05) is 0 Å². The van der Waals surface area contributed by atoms with Crippen molar-refractivity contribution >= 4 is 0 Å². The lowest BCUT2D eigenvalue weighted by atomic mass is 9.84. The molecule has 0 aromatic heterocycles. The third-order valence-electron chi connectivity index (χ3n) is 5.85. The summed E-state index contributed by atoms with van der Waals surface area (Å²) in [5, 5.41) is 0. The van der Waals surface area contributed by atoms with Gasteiger partial charge in [-0.3, -0.25) is 0 Å². The van der Waals surface area contributed by atoms with E-state index >= 15 is 0 Å². The summed E-state index contributed by atoms with van der Waals surface area (Å²) in [5.41, 5.74) is 7.85. The molecule has 4 heteroatoms. The zero-order chi connectivity index (χ0) is 19.8. The normalized spacial score (nSPS) is 22.7. The van der Waals surface area contributed by atoms with Gasteiger partial charge >= 0.3 is 6.18 Å². The fourth-order valence-electron chi connectivity index (χ4n) is 4.11. The Morgan fingerprint density at radius 2 is 1.81 bits per heavy atom. The molecule has 0 bridgehead atoms. The van der Waals surface area contributed by atoms with Gasteiger partial charge in [-0.1, -0.05) is 55.0 Å². The van der Waals surface area contributed by atoms with Crippen LogP contribution in [-0.4, -0.2) is 0 Å². The van der Waals surface area contributed by atoms with E-state index in [9.17, 15) is 13.2 Å². The van der Waals surface area contributed by atoms with E-state index < -0.39 is 17.3 Å². The minimum absolute atomic E-state index is 0.0702. The first kappa shape index (κ1) is 19.7. The van der Waals surface area contributed by atoms with Gasteiger partial charge in [-0.25, -0.2) is 0 Å². The van der Waals surface area contributed by atoms with Gasteiger partial charge < -0.3 is 5.73 Å². The molecule has 4 atom stereocenters. The molecule has 2 aromatic rings. The summed E-state index contributed by atoms with van der Waals surface area (Å²) >= 11 is 0. The maximum Gasteiger partial charge on any atom is 0.416 e. The van der Waals surface area contributed by atoms with Gasteiger partial charge in [0.25, 0.3) is 0 Å². The summed E-state index contributed by atoms with van der Waals surface area (Å²) in [4.78, 5) is 0. The van der Waals surface area contributed by atoms with Crippen LogP contribution in [-0.2, 0) is 11.7 Å². The van der Waals surface area contributed by atoms with Gasteiger partial charge in [0.05, 0.1) is 11.1 Å². The lowest BCUT2D eigenvalue weighted by Gasteiger charge is -2.27. The fourth-order valence-corrected chi connectivity index (χ4v) is 4.11. The molecule has 0 saturated heterocycles. The number of alkyl halides is 3. The van der Waals surface area contributed by atoms with E-state index in [-0.39, 0.29) is 5.92 Å². The monoisotopic (exact) mass is 373 g/mol. The molecule has 1 aliphatic carbocycles. The van der Waals surface area contributed by atoms with Crippen molar-refractivity contribution in [2.45, 2.75) is 44.3 Å². The maximum atomic E-state index is 13.1. The van der Waals surface area contributed by atoms with Crippen molar-refractivity contribution in [3.8, 4) is 0 Å². The Morgan fingerprint density at radius 3 is 2.41 bits per heavy atom. The second kappa shape index (κ2) is 7.16. The molecule has 0 heterocycles. The van der Waals surface area contributed by atoms with Crippen LogP contribution in [0.2, 0.25) is 0 Å². The summed E-state index contributed by atoms with van der Waals surface area (Å²) < 4.78 is 39.4. The largest absolute Gasteiger partial charge is 0.416 e. The van der Waals surface area contributed by atoms with E-state index in [1.165, 1.54) is 12.1 Å². The molecular weight excluding hydrogens is 347 g/mol. The van der Waals surface area contributed by atoms with E-state index in [2.05, 4.69) is 6.58 Å². The molecule has 1 saturated carbocycles. The van der Waals surface area contributed by atoms with Crippen molar-refractivity contribution in [1.82, 2.24) is 0 Å². The van der Waals surface area contributed by atoms with Crippen molar-refractivity contribution in [1.29, 1.82) is 0 Å². The number of nitrogens with two attached hydrogens (primary N) is 1. The first-order valence-electron chi connectivity index (χ1n) is 9.31. The SMILES string of the molecule is C=C[C@@](N)(CC1CC1[C@H](C)c1cc(C)cc(C(F)(F)F)c1)c1ccccc1. The molecule has 3 rings (SSSR count). The van der Waals surface area contributed by atoms with Crippen LogP contribution in [0.1, 0.15) is 47.9 Å². The van der Waals surface area contributed by atoms with Gasteiger partial charge in [-0.05, 0) is 60.8 Å². The molecule has 0 spiro atoms. The van der Waals surface area contributed by atoms with E-state index in [1.807, 2.05) is 43.3 Å². The van der Waals surface area contributed by atoms with E-state index in [4.69, 9.17) is 5.73 Å². The molecule has 0 radical (unpaired) electrons. The number of hydrogen-bond donors (Lipinski definition) is 1. The van der Waals surface area contributed by atoms with Gasteiger partial charge in [0.15, 0.2) is 0 Å². The van der Waals surface area contributed by atoms with Crippen molar-refractivity contribution < 1.29 is 13.2 Å². The Hall–Kier alpha value is -2.07. The predicted octanol–water partition coefficient (Wildman–Crippen LogP) is 6.18. The smallest absolute Gasteiger partial charge is 0.318 e. The first-order chi connectivity index (χ1) is 12.6. The molecule has 2 N–H and O–H groups in total. The zero-order valence-electron chi connectivity index (χ0n) is 15.8. The van der Waals surface area contributed by atoms with Crippen molar-refractivity contribution in [2.24, 2.45) is 17.6 Å². The van der Waals surface area contributed by atoms with Crippen LogP contribution in [0.3, 0.4) is 0 Å². The van der Waals surface area contributed by atoms with E-state index in [1.54, 1.807) is 13.0 Å². The summed E-state index contributed by atoms with van der Waals surface area (Å²) in [6.07, 6.45) is -0.785. The summed E-state index contributed by atoms with van der Waals surface area (Å²) in [7, 11) is 0. The van der Waals surface area contributed by atoms with Crippen LogP contribution in [0.15, 0.2) is 61.2 Å². The standard InChI is InChI=1S/C23H26F3N/c1-4-22(27,19-8-6-5-7-9-19)14-18-13-21(18)16(3)17-10-15(2)11-20(12-17)23(24,25)26/h4-12,16,18,21H,1,13-14,27H2,2-3H3/t16-,18?,21?,22-/m1/s1. The van der Waals surface area contributed by atoms with Gasteiger partial charge in [-0.2, -0.15) is 13.2 Å². The van der Waals surface area contributed by atoms with Crippen LogP contribution < -0.4 is 5.73 Å². The van der Waals surface area contributed by atoms with Crippen LogP contribution in [0.25, 0.3) is 0 Å². The van der Waals surface area contributed by atoms with Crippen molar-refractivity contribution in [2.75, 3.05) is 0 Å². The van der Waals surface area contributed by atoms with E-state index in [0.717, 1.165) is 24.0 Å². The molecule has 0 aliphatic heterocycles. The molecule has 144 valence electrons. The highest BCUT2D eigenvalue weighted by Crippen LogP contribution is 2.53. The van der Waals surface area contributed by atoms with Gasteiger partial charge in [-0.15, -0.1) is 6.58 Å². The molecular formula is C23H26F3N. The first-order valence-corrected chi connectivity index (χ1v) is 9.31. The number of hydrogen-bond acceptors (Lipinski definition) is 1. The summed E-state index contributed by atoms with van der Waals surface area (Å²) in [6, 6.07) is 14.2. The number of rotatable bonds is 6. The minimum atomic E-state index is -4.31. The maximum absolute atomic E-state index is 13.1. The average molecular weight is 373 g/mol. The third-order valence-corrected chi connectivity index (χ3v) is 5.85. The Balaban J connectivity index is 1.75. The molecule has 1 fully saturated rings. The molecule has 0 amide bonds. The van der Waals surface area contributed by atoms with Crippen LogP contribution in [0.5, 0.6) is 0 Å². The Morgan fingerprint density at radius 1 is 1.15 bits per heavy atom. The summed E-state index contributed by atoms with van der Waals surface area (Å²) in [5.74, 6) is 0.804. The van der Waals surface area contributed by atoms with Gasteiger partial charge in [0.1, 0.15) is 0 Å². The highest BCUT2D eigenvalue weighted by Gasteiger charge is 2.45. The van der Waals surface area contributed by atoms with Crippen molar-refractivity contribution in [3.63, 3.8) is 0 Å². The second-order valence-corrected chi connectivity index (χ2v) is 7.89. The fraction of sp³-hybridized carbons (Fsp3) is 0.391. The third kappa shape index (κ3) is 4.27. The van der Waals surface area contributed by atoms with Gasteiger partial charge in [0.2, 0.25) is 0 Å². The molecule has 27 heavy (non-hydrogen) atoms. The topological polar surface area (TPSA) is 26.0 Å². The Bertz CT molecular complexity index is 812. The summed E-state index contributed by atoms with van der Waals surface area (Å²) in [6.45, 7) is 7.66. The lowest BCUT2D eigenvalue weighted by molar-refractivity contribution is -0.137. The molecule has 2 aromatic carbocycles. The van der Waals surface area contributed by atoms with Crippen LogP contribution in [0, 0.1) is 18.8 Å². The zero-order valence-corrected chi connectivity index (χ0v) is 15.8. The number of aryl methyl sites for hydroxylation is 1.